The largest absolute Gasteiger partial charge is 0.390 e. The fourth-order valence-electron chi connectivity index (χ4n) is 1.90. The number of aromatic nitrogens is 2. The van der Waals surface area contributed by atoms with Crippen molar-refractivity contribution in [1.82, 2.24) is 9.55 Å². The molecule has 17 heavy (non-hydrogen) atoms. The van der Waals surface area contributed by atoms with Crippen LogP contribution in [0.1, 0.15) is 18.2 Å². The van der Waals surface area contributed by atoms with Gasteiger partial charge in [0.1, 0.15) is 6.23 Å². The minimum Gasteiger partial charge on any atom is -0.390 e. The molecule has 7 nitrogen and oxygen atoms in total. The van der Waals surface area contributed by atoms with Crippen molar-refractivity contribution in [1.29, 1.82) is 0 Å². The molecule has 1 aliphatic rings. The van der Waals surface area contributed by atoms with Crippen LogP contribution in [0.15, 0.2) is 15.8 Å². The van der Waals surface area contributed by atoms with Gasteiger partial charge in [0.05, 0.1) is 12.2 Å². The number of nitrogens with two attached hydrogens (primary N) is 1. The van der Waals surface area contributed by atoms with E-state index in [1.807, 2.05) is 0 Å². The Kier molecular flexibility index (Phi) is 3.14. The maximum atomic E-state index is 11.6. The van der Waals surface area contributed by atoms with Gasteiger partial charge in [0.2, 0.25) is 0 Å². The van der Waals surface area contributed by atoms with Gasteiger partial charge in [-0.1, -0.05) is 0 Å². The average Bonchev–Trinajstić information content (AvgIpc) is 2.65. The van der Waals surface area contributed by atoms with E-state index in [4.69, 9.17) is 10.5 Å². The van der Waals surface area contributed by atoms with Crippen molar-refractivity contribution in [2.75, 3.05) is 6.54 Å². The van der Waals surface area contributed by atoms with E-state index in [0.717, 1.165) is 0 Å². The first-order valence-electron chi connectivity index (χ1n) is 5.38. The first-order valence-corrected chi connectivity index (χ1v) is 5.38. The third-order valence-electron chi connectivity index (χ3n) is 2.89. The monoisotopic (exact) mass is 241 g/mol. The van der Waals surface area contributed by atoms with Gasteiger partial charge >= 0.3 is 5.69 Å². The lowest BCUT2D eigenvalue weighted by Gasteiger charge is -2.14. The zero-order chi connectivity index (χ0) is 12.6. The van der Waals surface area contributed by atoms with Crippen molar-refractivity contribution in [3.8, 4) is 0 Å². The second-order valence-electron chi connectivity index (χ2n) is 4.15. The summed E-state index contributed by atoms with van der Waals surface area (Å²) in [6.07, 6.45) is -0.0325. The first-order chi connectivity index (χ1) is 8.02. The number of H-pyrrole nitrogens is 1. The molecule has 0 aromatic carbocycles. The summed E-state index contributed by atoms with van der Waals surface area (Å²) in [5, 5.41) is 9.64. The van der Waals surface area contributed by atoms with Crippen LogP contribution >= 0.6 is 0 Å². The van der Waals surface area contributed by atoms with Gasteiger partial charge in [-0.05, 0) is 6.92 Å². The average molecular weight is 241 g/mol. The van der Waals surface area contributed by atoms with E-state index < -0.39 is 29.7 Å². The summed E-state index contributed by atoms with van der Waals surface area (Å²) in [5.41, 5.74) is 4.88. The van der Waals surface area contributed by atoms with Crippen LogP contribution in [0.2, 0.25) is 0 Å². The number of aliphatic hydroxyl groups is 1. The SMILES string of the molecule is Cc1cn([C@@H]2C[C@H](O)[C@@H](CN)O2)c(=O)[nH]c1=O. The standard InChI is InChI=1S/C10H15N3O4/c1-5-4-13(10(16)12-9(5)15)8-2-6(14)7(3-11)17-8/h4,6-8,14H,2-3,11H2,1H3,(H,12,15,16)/t6-,7+,8-/m0/s1. The van der Waals surface area contributed by atoms with Gasteiger partial charge in [-0.25, -0.2) is 4.79 Å². The van der Waals surface area contributed by atoms with Gasteiger partial charge in [-0.15, -0.1) is 0 Å². The number of ether oxygens (including phenoxy) is 1. The molecule has 94 valence electrons. The Morgan fingerprint density at radius 1 is 1.65 bits per heavy atom. The van der Waals surface area contributed by atoms with E-state index in [2.05, 4.69) is 4.98 Å². The molecule has 1 aromatic rings. The lowest BCUT2D eigenvalue weighted by Crippen LogP contribution is -2.33. The zero-order valence-corrected chi connectivity index (χ0v) is 9.42. The number of hydrogen-bond acceptors (Lipinski definition) is 5. The maximum Gasteiger partial charge on any atom is 0.330 e. The molecule has 0 unspecified atom stereocenters. The third-order valence-corrected chi connectivity index (χ3v) is 2.89. The molecule has 0 bridgehead atoms. The van der Waals surface area contributed by atoms with Crippen LogP contribution in [0.5, 0.6) is 0 Å². The van der Waals surface area contributed by atoms with E-state index in [-0.39, 0.29) is 13.0 Å². The van der Waals surface area contributed by atoms with Gasteiger partial charge in [0.25, 0.3) is 5.56 Å². The van der Waals surface area contributed by atoms with E-state index in [1.54, 1.807) is 6.92 Å². The Balaban J connectivity index is 2.34. The molecule has 4 N–H and O–H groups in total. The van der Waals surface area contributed by atoms with E-state index in [9.17, 15) is 14.7 Å². The predicted molar refractivity (Wildman–Crippen MR) is 59.6 cm³/mol. The van der Waals surface area contributed by atoms with Gasteiger partial charge < -0.3 is 15.6 Å². The first kappa shape index (κ1) is 12.0. The molecular formula is C10H15N3O4. The molecule has 1 aliphatic heterocycles. The summed E-state index contributed by atoms with van der Waals surface area (Å²) in [5.74, 6) is 0. The zero-order valence-electron chi connectivity index (χ0n) is 9.42. The number of aromatic amines is 1. The predicted octanol–water partition coefficient (Wildman–Crippen LogP) is -1.55. The molecule has 0 amide bonds. The molecule has 0 saturated carbocycles. The number of nitrogens with zero attached hydrogens (tertiary/aromatic N) is 1. The Hall–Kier alpha value is -1.44. The molecule has 1 fully saturated rings. The Morgan fingerprint density at radius 2 is 2.35 bits per heavy atom. The van der Waals surface area contributed by atoms with Crippen LogP contribution in [0, 0.1) is 6.92 Å². The highest BCUT2D eigenvalue weighted by Gasteiger charge is 2.34. The molecule has 1 saturated heterocycles. The number of aliphatic hydroxyl groups excluding tert-OH is 1. The summed E-state index contributed by atoms with van der Waals surface area (Å²) in [6.45, 7) is 1.79. The van der Waals surface area contributed by atoms with E-state index >= 15 is 0 Å². The Bertz CT molecular complexity index is 521. The maximum absolute atomic E-state index is 11.6. The van der Waals surface area contributed by atoms with Crippen molar-refractivity contribution < 1.29 is 9.84 Å². The quantitative estimate of drug-likeness (QED) is 0.580. The molecular weight excluding hydrogens is 226 g/mol. The molecule has 7 heteroatoms. The fourth-order valence-corrected chi connectivity index (χ4v) is 1.90. The number of aryl methyl sites for hydroxylation is 1. The van der Waals surface area contributed by atoms with Gasteiger partial charge in [-0.2, -0.15) is 0 Å². The lowest BCUT2D eigenvalue weighted by atomic mass is 10.2. The highest BCUT2D eigenvalue weighted by molar-refractivity contribution is 5.02. The van der Waals surface area contributed by atoms with Crippen LogP contribution in [-0.2, 0) is 4.74 Å². The molecule has 0 radical (unpaired) electrons. The van der Waals surface area contributed by atoms with Crippen LogP contribution in [0.25, 0.3) is 0 Å². The van der Waals surface area contributed by atoms with Crippen molar-refractivity contribution in [2.45, 2.75) is 31.8 Å². The Morgan fingerprint density at radius 3 is 2.94 bits per heavy atom. The summed E-state index contributed by atoms with van der Waals surface area (Å²) in [7, 11) is 0. The lowest BCUT2D eigenvalue weighted by molar-refractivity contribution is -0.0152. The molecule has 1 aromatic heterocycles. The fraction of sp³-hybridized carbons (Fsp3) is 0.600. The minimum absolute atomic E-state index is 0.189. The molecule has 0 spiro atoms. The van der Waals surface area contributed by atoms with Gasteiger partial charge in [0, 0.05) is 24.7 Å². The third kappa shape index (κ3) is 2.17. The summed E-state index contributed by atoms with van der Waals surface area (Å²) in [6, 6.07) is 0. The highest BCUT2D eigenvalue weighted by atomic mass is 16.5. The number of nitrogens with one attached hydrogen (secondary N) is 1. The molecule has 2 heterocycles. The van der Waals surface area contributed by atoms with Gasteiger partial charge in [-0.3, -0.25) is 14.3 Å². The second kappa shape index (κ2) is 4.44. The van der Waals surface area contributed by atoms with E-state index in [1.165, 1.54) is 10.8 Å². The minimum atomic E-state index is -0.691. The summed E-state index contributed by atoms with van der Waals surface area (Å²) in [4.78, 5) is 25.0. The normalized spacial score (nSPS) is 28.5. The van der Waals surface area contributed by atoms with Crippen LogP contribution in [0.3, 0.4) is 0 Å². The van der Waals surface area contributed by atoms with Crippen molar-refractivity contribution in [3.05, 3.63) is 32.6 Å². The van der Waals surface area contributed by atoms with Crippen LogP contribution < -0.4 is 17.0 Å². The van der Waals surface area contributed by atoms with Crippen molar-refractivity contribution >= 4 is 0 Å². The smallest absolute Gasteiger partial charge is 0.330 e. The summed E-state index contributed by atoms with van der Waals surface area (Å²) >= 11 is 0. The van der Waals surface area contributed by atoms with Gasteiger partial charge in [0.15, 0.2) is 0 Å². The van der Waals surface area contributed by atoms with Crippen molar-refractivity contribution in [3.63, 3.8) is 0 Å². The Labute approximate surface area is 96.8 Å². The van der Waals surface area contributed by atoms with Crippen molar-refractivity contribution in [2.24, 2.45) is 5.73 Å². The van der Waals surface area contributed by atoms with E-state index in [0.29, 0.717) is 5.56 Å². The topological polar surface area (TPSA) is 110 Å². The van der Waals surface area contributed by atoms with Crippen LogP contribution in [-0.4, -0.2) is 33.4 Å². The summed E-state index contributed by atoms with van der Waals surface area (Å²) < 4.78 is 6.72. The number of hydrogen-bond donors (Lipinski definition) is 3. The molecule has 0 aliphatic carbocycles. The second-order valence-corrected chi connectivity index (χ2v) is 4.15. The molecule has 3 atom stereocenters. The highest BCUT2D eigenvalue weighted by Crippen LogP contribution is 2.26. The number of rotatable bonds is 2. The van der Waals surface area contributed by atoms with Crippen LogP contribution in [0.4, 0.5) is 0 Å². The molecule has 2 rings (SSSR count).